The van der Waals surface area contributed by atoms with Crippen molar-refractivity contribution < 1.29 is 14.7 Å². The lowest BCUT2D eigenvalue weighted by atomic mass is 9.94. The minimum Gasteiger partial charge on any atom is -0.507 e. The first kappa shape index (κ1) is 32.4. The van der Waals surface area contributed by atoms with Crippen LogP contribution < -0.4 is 4.90 Å². The third-order valence-corrected chi connectivity index (χ3v) is 8.34. The van der Waals surface area contributed by atoms with Gasteiger partial charge >= 0.3 is 0 Å². The Morgan fingerprint density at radius 3 is 1.71 bits per heavy atom. The number of amides is 1. The number of rotatable bonds is 18. The summed E-state index contributed by atoms with van der Waals surface area (Å²) in [6.45, 7) is 4.75. The maximum Gasteiger partial charge on any atom is 0.295 e. The molecule has 1 aliphatic heterocycles. The van der Waals surface area contributed by atoms with E-state index in [1.165, 1.54) is 70.6 Å². The molecule has 1 saturated heterocycles. The molecule has 0 aromatic heterocycles. The second-order valence-corrected chi connectivity index (χ2v) is 11.9. The first-order valence-electron chi connectivity index (χ1n) is 16.0. The maximum atomic E-state index is 13.3. The molecule has 1 atom stereocenters. The van der Waals surface area contributed by atoms with Crippen molar-refractivity contribution in [2.24, 2.45) is 0 Å². The molecule has 0 spiro atoms. The van der Waals surface area contributed by atoms with Crippen molar-refractivity contribution >= 4 is 23.1 Å². The zero-order valence-corrected chi connectivity index (χ0v) is 26.0. The van der Waals surface area contributed by atoms with Gasteiger partial charge in [-0.05, 0) is 31.0 Å². The van der Waals surface area contributed by atoms with Gasteiger partial charge in [0.1, 0.15) is 5.76 Å². The Morgan fingerprint density at radius 1 is 0.732 bits per heavy atom. The fourth-order valence-electron chi connectivity index (χ4n) is 5.76. The number of carbonyl (C=O) groups is 2. The lowest BCUT2D eigenvalue weighted by Gasteiger charge is -2.26. The van der Waals surface area contributed by atoms with E-state index in [0.29, 0.717) is 12.1 Å². The number of anilines is 1. The summed E-state index contributed by atoms with van der Waals surface area (Å²) < 4.78 is 0. The third kappa shape index (κ3) is 9.48. The summed E-state index contributed by atoms with van der Waals surface area (Å²) in [4.78, 5) is 30.2. The Balaban J connectivity index is 1.57. The number of aliphatic hydroxyl groups is 1. The molecule has 0 aliphatic carbocycles. The molecule has 1 amide bonds. The van der Waals surface area contributed by atoms with Crippen LogP contribution in [0.3, 0.4) is 0 Å². The summed E-state index contributed by atoms with van der Waals surface area (Å²) in [5, 5.41) is 11.3. The SMILES string of the molecule is CCCCCCCCCCCCCCCCN1C(=O)C(=O)/C(=C(/O)c2ccc(C)cc2)[C@@H]1c1ccc(N(C)C)cc1. The van der Waals surface area contributed by atoms with Gasteiger partial charge in [0.15, 0.2) is 0 Å². The van der Waals surface area contributed by atoms with Gasteiger partial charge in [0.05, 0.1) is 11.6 Å². The number of unbranched alkanes of at least 4 members (excludes halogenated alkanes) is 13. The van der Waals surface area contributed by atoms with E-state index >= 15 is 0 Å². The predicted octanol–water partition coefficient (Wildman–Crippen LogP) is 8.96. The van der Waals surface area contributed by atoms with E-state index in [0.717, 1.165) is 36.1 Å². The van der Waals surface area contributed by atoms with E-state index < -0.39 is 17.7 Å². The van der Waals surface area contributed by atoms with Gasteiger partial charge in [0, 0.05) is 31.9 Å². The van der Waals surface area contributed by atoms with Crippen LogP contribution in [-0.2, 0) is 9.59 Å². The zero-order valence-electron chi connectivity index (χ0n) is 26.0. The highest BCUT2D eigenvalue weighted by Gasteiger charge is 2.45. The number of benzene rings is 2. The van der Waals surface area contributed by atoms with Crippen LogP contribution in [-0.4, -0.2) is 42.3 Å². The Labute approximate surface area is 248 Å². The summed E-state index contributed by atoms with van der Waals surface area (Å²) in [7, 11) is 3.96. The molecule has 41 heavy (non-hydrogen) atoms. The Hall–Kier alpha value is -3.08. The summed E-state index contributed by atoms with van der Waals surface area (Å²) in [6, 6.07) is 14.7. The van der Waals surface area contributed by atoms with Crippen molar-refractivity contribution in [3.05, 3.63) is 70.8 Å². The fraction of sp³-hybridized carbons (Fsp3) is 0.556. The molecule has 2 aromatic rings. The predicted molar refractivity (Wildman–Crippen MR) is 171 cm³/mol. The molecule has 5 nitrogen and oxygen atoms in total. The topological polar surface area (TPSA) is 60.9 Å². The molecule has 0 bridgehead atoms. The number of hydrogen-bond acceptors (Lipinski definition) is 4. The van der Waals surface area contributed by atoms with Crippen molar-refractivity contribution in [1.29, 1.82) is 0 Å². The van der Waals surface area contributed by atoms with Crippen LogP contribution >= 0.6 is 0 Å². The van der Waals surface area contributed by atoms with Crippen LogP contribution in [0.2, 0.25) is 0 Å². The largest absolute Gasteiger partial charge is 0.507 e. The molecule has 0 saturated carbocycles. The first-order chi connectivity index (χ1) is 19.8. The molecule has 2 aromatic carbocycles. The van der Waals surface area contributed by atoms with E-state index in [-0.39, 0.29) is 11.3 Å². The van der Waals surface area contributed by atoms with Crippen LogP contribution in [0.1, 0.15) is 120 Å². The molecule has 3 rings (SSSR count). The number of Topliss-reactive ketones (excluding diaryl/α,β-unsaturated/α-hetero) is 1. The molecule has 0 radical (unpaired) electrons. The fourth-order valence-corrected chi connectivity index (χ4v) is 5.76. The molecular formula is C36H52N2O3. The number of ketones is 1. The van der Waals surface area contributed by atoms with Crippen molar-refractivity contribution in [3.8, 4) is 0 Å². The summed E-state index contributed by atoms with van der Waals surface area (Å²) in [6.07, 6.45) is 17.8. The highest BCUT2D eigenvalue weighted by Crippen LogP contribution is 2.40. The van der Waals surface area contributed by atoms with Crippen LogP contribution in [0.25, 0.3) is 5.76 Å². The number of nitrogens with zero attached hydrogens (tertiary/aromatic N) is 2. The number of aliphatic hydroxyl groups excluding tert-OH is 1. The number of likely N-dealkylation sites (tertiary alicyclic amines) is 1. The van der Waals surface area contributed by atoms with Crippen molar-refractivity contribution in [3.63, 3.8) is 0 Å². The minimum absolute atomic E-state index is 0.103. The molecule has 5 heteroatoms. The molecule has 224 valence electrons. The minimum atomic E-state index is -0.602. The van der Waals surface area contributed by atoms with Gasteiger partial charge in [-0.2, -0.15) is 0 Å². The van der Waals surface area contributed by atoms with Crippen LogP contribution in [0.4, 0.5) is 5.69 Å². The zero-order chi connectivity index (χ0) is 29.6. The smallest absolute Gasteiger partial charge is 0.295 e. The van der Waals surface area contributed by atoms with Gasteiger partial charge < -0.3 is 14.9 Å². The van der Waals surface area contributed by atoms with Crippen molar-refractivity contribution in [2.75, 3.05) is 25.5 Å². The van der Waals surface area contributed by atoms with E-state index in [1.807, 2.05) is 62.3 Å². The van der Waals surface area contributed by atoms with E-state index in [4.69, 9.17) is 0 Å². The average Bonchev–Trinajstić information content (AvgIpc) is 3.22. The molecule has 1 fully saturated rings. The van der Waals surface area contributed by atoms with Crippen LogP contribution in [0.5, 0.6) is 0 Å². The van der Waals surface area contributed by atoms with Crippen molar-refractivity contribution in [1.82, 2.24) is 4.90 Å². The molecule has 1 heterocycles. The number of aryl methyl sites for hydroxylation is 1. The van der Waals surface area contributed by atoms with E-state index in [2.05, 4.69) is 6.92 Å². The second-order valence-electron chi connectivity index (χ2n) is 11.9. The van der Waals surface area contributed by atoms with E-state index in [9.17, 15) is 14.7 Å². The van der Waals surface area contributed by atoms with Gasteiger partial charge in [-0.3, -0.25) is 9.59 Å². The number of hydrogen-bond donors (Lipinski definition) is 1. The van der Waals surface area contributed by atoms with Crippen molar-refractivity contribution in [2.45, 2.75) is 110 Å². The standard InChI is InChI=1S/C36H52N2O3/c1-5-6-7-8-9-10-11-12-13-14-15-16-17-18-27-38-33(29-23-25-31(26-24-29)37(3)4)32(35(40)36(38)41)34(39)30-21-19-28(2)20-22-30/h19-26,33,39H,5-18,27H2,1-4H3/b34-32+/t33-/m0/s1. The molecular weight excluding hydrogens is 508 g/mol. The van der Waals surface area contributed by atoms with Gasteiger partial charge in [-0.1, -0.05) is 132 Å². The highest BCUT2D eigenvalue weighted by molar-refractivity contribution is 6.46. The lowest BCUT2D eigenvalue weighted by Crippen LogP contribution is -2.30. The van der Waals surface area contributed by atoms with Gasteiger partial charge in [0.25, 0.3) is 11.7 Å². The lowest BCUT2D eigenvalue weighted by molar-refractivity contribution is -0.139. The third-order valence-electron chi connectivity index (χ3n) is 8.34. The Morgan fingerprint density at radius 2 is 1.22 bits per heavy atom. The molecule has 1 aliphatic rings. The monoisotopic (exact) mass is 560 g/mol. The second kappa shape index (κ2) is 17.0. The van der Waals surface area contributed by atoms with Gasteiger partial charge in [-0.15, -0.1) is 0 Å². The quantitative estimate of drug-likeness (QED) is 0.0855. The molecule has 0 unspecified atom stereocenters. The average molecular weight is 561 g/mol. The molecule has 1 N–H and O–H groups in total. The number of carbonyl (C=O) groups excluding carboxylic acids is 2. The first-order valence-corrected chi connectivity index (χ1v) is 16.0. The Kier molecular flexibility index (Phi) is 13.5. The highest BCUT2D eigenvalue weighted by atomic mass is 16.3. The van der Waals surface area contributed by atoms with Gasteiger partial charge in [0.2, 0.25) is 0 Å². The normalized spacial score (nSPS) is 16.5. The van der Waals surface area contributed by atoms with Crippen LogP contribution in [0, 0.1) is 6.92 Å². The summed E-state index contributed by atoms with van der Waals surface area (Å²) >= 11 is 0. The summed E-state index contributed by atoms with van der Waals surface area (Å²) in [5.41, 5.74) is 3.68. The summed E-state index contributed by atoms with van der Waals surface area (Å²) in [5.74, 6) is -1.22. The Bertz CT molecular complexity index is 1120. The van der Waals surface area contributed by atoms with Gasteiger partial charge in [-0.25, -0.2) is 0 Å². The maximum absolute atomic E-state index is 13.3. The van der Waals surface area contributed by atoms with Crippen LogP contribution in [0.15, 0.2) is 54.1 Å². The van der Waals surface area contributed by atoms with E-state index in [1.54, 1.807) is 17.0 Å².